The van der Waals surface area contributed by atoms with Crippen LogP contribution in [0.4, 0.5) is 13.2 Å². The summed E-state index contributed by atoms with van der Waals surface area (Å²) in [5, 5.41) is 1.73. The summed E-state index contributed by atoms with van der Waals surface area (Å²) in [4.78, 5) is 13.1. The number of fused-ring (bicyclic) bond motifs is 1. The molecule has 0 atom stereocenters. The first-order valence-corrected chi connectivity index (χ1v) is 10.2. The summed E-state index contributed by atoms with van der Waals surface area (Å²) in [6, 6.07) is 5.08. The van der Waals surface area contributed by atoms with Crippen LogP contribution in [0.3, 0.4) is 0 Å². The van der Waals surface area contributed by atoms with Gasteiger partial charge in [0.05, 0.1) is 12.1 Å². The van der Waals surface area contributed by atoms with Crippen LogP contribution in [-0.2, 0) is 6.18 Å². The number of methoxy groups -OCH3 is 1. The molecule has 0 bridgehead atoms. The van der Waals surface area contributed by atoms with Gasteiger partial charge in [0.15, 0.2) is 15.7 Å². The Balaban J connectivity index is 1.78. The van der Waals surface area contributed by atoms with Crippen LogP contribution in [0.15, 0.2) is 45.2 Å². The summed E-state index contributed by atoms with van der Waals surface area (Å²) < 4.78 is 47.9. The van der Waals surface area contributed by atoms with Gasteiger partial charge in [0.1, 0.15) is 11.4 Å². The molecule has 0 amide bonds. The highest BCUT2D eigenvalue weighted by Crippen LogP contribution is 2.40. The van der Waals surface area contributed by atoms with E-state index in [0.717, 1.165) is 4.90 Å². The van der Waals surface area contributed by atoms with Crippen molar-refractivity contribution in [3.8, 4) is 17.3 Å². The normalized spacial score (nSPS) is 11.9. The highest BCUT2D eigenvalue weighted by Gasteiger charge is 2.39. The number of alkyl halides is 3. The maximum absolute atomic E-state index is 13.7. The van der Waals surface area contributed by atoms with E-state index >= 15 is 0 Å². The van der Waals surface area contributed by atoms with E-state index in [9.17, 15) is 13.2 Å². The quantitative estimate of drug-likeness (QED) is 0.377. The number of ether oxygens (including phenoxy) is 1. The zero-order valence-corrected chi connectivity index (χ0v) is 17.4. The number of rotatable bonds is 4. The van der Waals surface area contributed by atoms with Crippen LogP contribution in [0.2, 0.25) is 5.02 Å². The molecule has 4 rings (SSSR count). The Kier molecular flexibility index (Phi) is 5.18. The van der Waals surface area contributed by atoms with Gasteiger partial charge in [-0.05, 0) is 24.6 Å². The van der Waals surface area contributed by atoms with E-state index in [4.69, 9.17) is 16.3 Å². The first-order chi connectivity index (χ1) is 13.8. The second kappa shape index (κ2) is 7.51. The van der Waals surface area contributed by atoms with Crippen LogP contribution >= 0.6 is 34.7 Å². The van der Waals surface area contributed by atoms with Crippen LogP contribution < -0.4 is 4.74 Å². The molecule has 0 aliphatic heterocycles. The van der Waals surface area contributed by atoms with Crippen molar-refractivity contribution in [1.29, 1.82) is 0 Å². The highest BCUT2D eigenvalue weighted by molar-refractivity contribution is 8.01. The molecule has 0 aromatic carbocycles. The van der Waals surface area contributed by atoms with Gasteiger partial charge in [-0.3, -0.25) is 4.40 Å². The average Bonchev–Trinajstić information content (AvgIpc) is 3.26. The molecule has 4 aromatic heterocycles. The zero-order chi connectivity index (χ0) is 20.8. The zero-order valence-electron chi connectivity index (χ0n) is 15.0. The van der Waals surface area contributed by atoms with Gasteiger partial charge in [0, 0.05) is 28.7 Å². The highest BCUT2D eigenvalue weighted by atomic mass is 35.5. The van der Waals surface area contributed by atoms with Crippen molar-refractivity contribution in [3.05, 3.63) is 52.3 Å². The number of aryl methyl sites for hydroxylation is 1. The molecule has 0 aliphatic rings. The smallest absolute Gasteiger partial charge is 0.435 e. The Morgan fingerprint density at radius 3 is 2.69 bits per heavy atom. The molecule has 29 heavy (non-hydrogen) atoms. The van der Waals surface area contributed by atoms with Crippen LogP contribution in [0.1, 0.15) is 11.3 Å². The van der Waals surface area contributed by atoms with Crippen molar-refractivity contribution < 1.29 is 17.9 Å². The lowest BCUT2D eigenvalue weighted by atomic mass is 10.2. The molecule has 0 aliphatic carbocycles. The molecule has 0 saturated carbocycles. The van der Waals surface area contributed by atoms with Crippen molar-refractivity contribution in [2.75, 3.05) is 7.11 Å². The van der Waals surface area contributed by atoms with E-state index in [1.165, 1.54) is 34.6 Å². The van der Waals surface area contributed by atoms with Gasteiger partial charge in [-0.1, -0.05) is 23.4 Å². The number of halogens is 4. The molecule has 0 fully saturated rings. The predicted molar refractivity (Wildman–Crippen MR) is 106 cm³/mol. The number of imidazole rings is 1. The minimum Gasteiger partial charge on any atom is -0.481 e. The minimum absolute atomic E-state index is 0.0427. The third kappa shape index (κ3) is 3.92. The fraction of sp³-hybridized carbons (Fsp3) is 0.167. The summed E-state index contributed by atoms with van der Waals surface area (Å²) >= 11 is 8.68. The van der Waals surface area contributed by atoms with Gasteiger partial charge in [0.2, 0.25) is 5.88 Å². The standard InChI is InChI=1S/C18H12ClF3N4OS2/c1-9-5-11(19)16-25-15(18(20,21)22)14(26(16)7-9)12-8-28-17(24-12)29-10-3-4-13(27-2)23-6-10/h3-8H,1-2H3. The Labute approximate surface area is 176 Å². The number of hydrogen-bond donors (Lipinski definition) is 0. The van der Waals surface area contributed by atoms with Gasteiger partial charge in [-0.2, -0.15) is 13.2 Å². The van der Waals surface area contributed by atoms with Crippen molar-refractivity contribution >= 4 is 40.3 Å². The van der Waals surface area contributed by atoms with E-state index in [1.807, 2.05) is 0 Å². The Bertz CT molecular complexity index is 1190. The number of aromatic nitrogens is 4. The van der Waals surface area contributed by atoms with Crippen LogP contribution in [-0.4, -0.2) is 26.5 Å². The van der Waals surface area contributed by atoms with Crippen LogP contribution in [0, 0.1) is 6.92 Å². The van der Waals surface area contributed by atoms with Gasteiger partial charge < -0.3 is 4.74 Å². The molecule has 0 N–H and O–H groups in total. The van der Waals surface area contributed by atoms with Gasteiger partial charge in [-0.15, -0.1) is 11.3 Å². The van der Waals surface area contributed by atoms with E-state index in [1.54, 1.807) is 42.9 Å². The van der Waals surface area contributed by atoms with E-state index < -0.39 is 11.9 Å². The monoisotopic (exact) mass is 456 g/mol. The van der Waals surface area contributed by atoms with Gasteiger partial charge in [-0.25, -0.2) is 15.0 Å². The number of pyridine rings is 2. The lowest BCUT2D eigenvalue weighted by Crippen LogP contribution is -2.08. The first-order valence-electron chi connectivity index (χ1n) is 8.15. The summed E-state index contributed by atoms with van der Waals surface area (Å²) in [5.74, 6) is 0.474. The molecule has 0 spiro atoms. The van der Waals surface area contributed by atoms with Crippen molar-refractivity contribution in [2.24, 2.45) is 0 Å². The first kappa shape index (κ1) is 20.0. The minimum atomic E-state index is -4.64. The molecule has 11 heteroatoms. The predicted octanol–water partition coefficient (Wildman–Crippen LogP) is 5.99. The maximum atomic E-state index is 13.7. The average molecular weight is 457 g/mol. The Morgan fingerprint density at radius 1 is 1.24 bits per heavy atom. The molecule has 0 saturated heterocycles. The summed E-state index contributed by atoms with van der Waals surface area (Å²) in [5.41, 5.74) is -0.211. The molecule has 0 radical (unpaired) electrons. The number of thiazole rings is 1. The Hall–Kier alpha value is -2.30. The van der Waals surface area contributed by atoms with Crippen LogP contribution in [0.5, 0.6) is 5.88 Å². The largest absolute Gasteiger partial charge is 0.481 e. The van der Waals surface area contributed by atoms with Crippen molar-refractivity contribution in [1.82, 2.24) is 19.4 Å². The third-order valence-corrected chi connectivity index (χ3v) is 6.12. The molecule has 0 unspecified atom stereocenters. The van der Waals surface area contributed by atoms with Crippen LogP contribution in [0.25, 0.3) is 17.0 Å². The number of hydrogen-bond acceptors (Lipinski definition) is 6. The SMILES string of the molecule is COc1ccc(Sc2nc(-c3c(C(F)(F)F)nc4c(Cl)cc(C)cn34)cs2)cn1. The summed E-state index contributed by atoms with van der Waals surface area (Å²) in [6.45, 7) is 1.75. The number of nitrogens with zero attached hydrogens (tertiary/aromatic N) is 4. The molecule has 4 heterocycles. The van der Waals surface area contributed by atoms with Crippen molar-refractivity contribution in [2.45, 2.75) is 22.3 Å². The molecule has 4 aromatic rings. The topological polar surface area (TPSA) is 52.3 Å². The molecule has 150 valence electrons. The lowest BCUT2D eigenvalue weighted by Gasteiger charge is -2.06. The van der Waals surface area contributed by atoms with E-state index in [2.05, 4.69) is 15.0 Å². The summed E-state index contributed by atoms with van der Waals surface area (Å²) in [6.07, 6.45) is -1.46. The second-order valence-corrected chi connectivity index (χ2v) is 8.59. The second-order valence-electron chi connectivity index (χ2n) is 6.00. The van der Waals surface area contributed by atoms with E-state index in [0.29, 0.717) is 15.8 Å². The summed E-state index contributed by atoms with van der Waals surface area (Å²) in [7, 11) is 1.52. The molecule has 5 nitrogen and oxygen atoms in total. The van der Waals surface area contributed by atoms with Crippen molar-refractivity contribution in [3.63, 3.8) is 0 Å². The fourth-order valence-corrected chi connectivity index (χ4v) is 4.78. The van der Waals surface area contributed by atoms with E-state index in [-0.39, 0.29) is 22.1 Å². The third-order valence-electron chi connectivity index (χ3n) is 3.93. The Morgan fingerprint density at radius 2 is 2.03 bits per heavy atom. The maximum Gasteiger partial charge on any atom is 0.435 e. The van der Waals surface area contributed by atoms with Gasteiger partial charge in [0.25, 0.3) is 0 Å². The lowest BCUT2D eigenvalue weighted by molar-refractivity contribution is -0.140. The fourth-order valence-electron chi connectivity index (χ4n) is 2.74. The molecular formula is C18H12ClF3N4OS2. The molecular weight excluding hydrogens is 445 g/mol. The van der Waals surface area contributed by atoms with Gasteiger partial charge >= 0.3 is 6.18 Å².